The minimum Gasteiger partial charge on any atom is -0.456 e. The van der Waals surface area contributed by atoms with Gasteiger partial charge in [0.05, 0.1) is 11.0 Å². The Kier molecular flexibility index (Phi) is 5.50. The van der Waals surface area contributed by atoms with Gasteiger partial charge in [0.25, 0.3) is 0 Å². The van der Waals surface area contributed by atoms with Crippen molar-refractivity contribution in [1.82, 2.24) is 9.88 Å². The summed E-state index contributed by atoms with van der Waals surface area (Å²) in [5, 5.41) is 8.31. The van der Waals surface area contributed by atoms with Crippen molar-refractivity contribution in [3.05, 3.63) is 162 Å². The van der Waals surface area contributed by atoms with Crippen LogP contribution in [0.25, 0.3) is 49.4 Å². The molecule has 1 atom stereocenters. The fraction of sp³-hybridized carbons (Fsp3) is 0.0256. The maximum Gasteiger partial charge on any atom is 0.159 e. The molecule has 1 unspecified atom stereocenters. The van der Waals surface area contributed by atoms with Gasteiger partial charge in [-0.2, -0.15) is 0 Å². The average Bonchev–Trinajstić information content (AvgIpc) is 3.65. The number of rotatable bonds is 4. The second-order valence-corrected chi connectivity index (χ2v) is 11.1. The second kappa shape index (κ2) is 9.82. The molecule has 0 aliphatic carbocycles. The third kappa shape index (κ3) is 3.87. The van der Waals surface area contributed by atoms with Gasteiger partial charge >= 0.3 is 0 Å². The highest BCUT2D eigenvalue weighted by Crippen LogP contribution is 2.36. The number of furan rings is 1. The Morgan fingerprint density at radius 2 is 1.18 bits per heavy atom. The molecule has 0 fully saturated rings. The maximum atomic E-state index is 6.21. The van der Waals surface area contributed by atoms with Crippen molar-refractivity contribution in [3.8, 4) is 5.69 Å². The SMILES string of the molecule is c1ccc(C2=NC(c3cccc4oc5ccccc5c34)NC(c3ccc(-n4c5ccccc5c5ccccc54)cc3)=N2)cc1. The number of hydrogen-bond acceptors (Lipinski definition) is 4. The first-order valence-corrected chi connectivity index (χ1v) is 14.8. The average molecular weight is 567 g/mol. The van der Waals surface area contributed by atoms with E-state index in [-0.39, 0.29) is 6.17 Å². The van der Waals surface area contributed by atoms with Crippen LogP contribution >= 0.6 is 0 Å². The number of benzene rings is 6. The predicted molar refractivity (Wildman–Crippen MR) is 180 cm³/mol. The Morgan fingerprint density at radius 1 is 0.545 bits per heavy atom. The highest BCUT2D eigenvalue weighted by Gasteiger charge is 2.24. The van der Waals surface area contributed by atoms with Gasteiger partial charge in [0.1, 0.15) is 23.2 Å². The Labute approximate surface area is 253 Å². The lowest BCUT2D eigenvalue weighted by Gasteiger charge is -2.24. The van der Waals surface area contributed by atoms with Crippen LogP contribution in [0.1, 0.15) is 22.9 Å². The molecule has 0 saturated heterocycles. The molecule has 208 valence electrons. The molecule has 6 aromatic carbocycles. The molecule has 0 amide bonds. The van der Waals surface area contributed by atoms with Crippen molar-refractivity contribution in [2.75, 3.05) is 0 Å². The van der Waals surface area contributed by atoms with Gasteiger partial charge in [-0.05, 0) is 48.5 Å². The summed E-state index contributed by atoms with van der Waals surface area (Å²) in [5.74, 6) is 1.48. The molecule has 9 rings (SSSR count). The van der Waals surface area contributed by atoms with Gasteiger partial charge < -0.3 is 14.3 Å². The molecule has 0 saturated carbocycles. The van der Waals surface area contributed by atoms with Crippen molar-refractivity contribution in [3.63, 3.8) is 0 Å². The van der Waals surface area contributed by atoms with E-state index < -0.39 is 0 Å². The molecule has 3 heterocycles. The molecule has 0 bridgehead atoms. The van der Waals surface area contributed by atoms with Crippen LogP contribution in [-0.2, 0) is 0 Å². The summed E-state index contributed by atoms with van der Waals surface area (Å²) >= 11 is 0. The number of amidine groups is 2. The summed E-state index contributed by atoms with van der Waals surface area (Å²) in [6.07, 6.45) is -0.348. The molecular weight excluding hydrogens is 540 g/mol. The number of aliphatic imine (C=N–C) groups is 2. The molecule has 1 N–H and O–H groups in total. The van der Waals surface area contributed by atoms with Crippen LogP contribution in [0.3, 0.4) is 0 Å². The number of aromatic nitrogens is 1. The molecule has 0 spiro atoms. The van der Waals surface area contributed by atoms with Crippen LogP contribution in [0.15, 0.2) is 160 Å². The summed E-state index contributed by atoms with van der Waals surface area (Å²) in [5.41, 5.74) is 8.21. The molecule has 2 aromatic heterocycles. The zero-order chi connectivity index (χ0) is 29.0. The van der Waals surface area contributed by atoms with Gasteiger partial charge in [-0.1, -0.05) is 97.1 Å². The minimum absolute atomic E-state index is 0.348. The van der Waals surface area contributed by atoms with Crippen LogP contribution < -0.4 is 5.32 Å². The first kappa shape index (κ1) is 24.6. The number of fused-ring (bicyclic) bond motifs is 6. The van der Waals surface area contributed by atoms with Crippen molar-refractivity contribution < 1.29 is 4.42 Å². The smallest absolute Gasteiger partial charge is 0.159 e. The minimum atomic E-state index is -0.348. The van der Waals surface area contributed by atoms with Crippen LogP contribution in [0.4, 0.5) is 0 Å². The van der Waals surface area contributed by atoms with E-state index in [0.29, 0.717) is 5.84 Å². The Morgan fingerprint density at radius 3 is 1.93 bits per heavy atom. The predicted octanol–water partition coefficient (Wildman–Crippen LogP) is 9.18. The van der Waals surface area contributed by atoms with E-state index >= 15 is 0 Å². The van der Waals surface area contributed by atoms with Crippen molar-refractivity contribution in [2.24, 2.45) is 9.98 Å². The first-order valence-electron chi connectivity index (χ1n) is 14.8. The van der Waals surface area contributed by atoms with Crippen molar-refractivity contribution >= 4 is 55.4 Å². The highest BCUT2D eigenvalue weighted by atomic mass is 16.3. The maximum absolute atomic E-state index is 6.21. The summed E-state index contributed by atoms with van der Waals surface area (Å²) in [4.78, 5) is 10.2. The molecule has 8 aromatic rings. The zero-order valence-electron chi connectivity index (χ0n) is 23.7. The Bertz CT molecular complexity index is 2360. The zero-order valence-corrected chi connectivity index (χ0v) is 23.7. The lowest BCUT2D eigenvalue weighted by atomic mass is 10.0. The lowest BCUT2D eigenvalue weighted by molar-refractivity contribution is 0.662. The van der Waals surface area contributed by atoms with Gasteiger partial charge in [-0.25, -0.2) is 9.98 Å². The third-order valence-corrected chi connectivity index (χ3v) is 8.48. The van der Waals surface area contributed by atoms with Gasteiger partial charge in [0.2, 0.25) is 0 Å². The molecule has 5 heteroatoms. The van der Waals surface area contributed by atoms with E-state index in [4.69, 9.17) is 14.4 Å². The van der Waals surface area contributed by atoms with E-state index in [1.807, 2.05) is 48.5 Å². The third-order valence-electron chi connectivity index (χ3n) is 8.48. The number of nitrogens with one attached hydrogen (secondary N) is 1. The monoisotopic (exact) mass is 566 g/mol. The van der Waals surface area contributed by atoms with Gasteiger partial charge in [-0.15, -0.1) is 0 Å². The standard InChI is InChI=1S/C39H26N4O/c1-2-11-25(12-3-1)37-40-38(42-39(41-37)31-16-10-20-35-36(31)30-15-6-9-19-34(30)44-35)26-21-23-27(24-22-26)43-32-17-7-4-13-28(32)29-14-5-8-18-33(29)43/h1-24,39H,(H,40,41,42). The van der Waals surface area contributed by atoms with Crippen LogP contribution in [0.2, 0.25) is 0 Å². The summed E-state index contributed by atoms with van der Waals surface area (Å²) in [6.45, 7) is 0. The second-order valence-electron chi connectivity index (χ2n) is 11.1. The van der Waals surface area contributed by atoms with Gasteiger partial charge in [0.15, 0.2) is 5.84 Å². The molecule has 0 radical (unpaired) electrons. The van der Waals surface area contributed by atoms with Crippen molar-refractivity contribution in [2.45, 2.75) is 6.17 Å². The molecule has 1 aliphatic rings. The molecule has 5 nitrogen and oxygen atoms in total. The number of hydrogen-bond donors (Lipinski definition) is 1. The lowest BCUT2D eigenvalue weighted by Crippen LogP contribution is -2.33. The van der Waals surface area contributed by atoms with E-state index in [1.54, 1.807) is 0 Å². The van der Waals surface area contributed by atoms with Gasteiger partial charge in [0, 0.05) is 43.9 Å². The summed E-state index contributed by atoms with van der Waals surface area (Å²) in [7, 11) is 0. The van der Waals surface area contributed by atoms with E-state index in [0.717, 1.165) is 50.2 Å². The fourth-order valence-electron chi connectivity index (χ4n) is 6.47. The van der Waals surface area contributed by atoms with E-state index in [1.165, 1.54) is 21.8 Å². The van der Waals surface area contributed by atoms with Crippen LogP contribution in [0, 0.1) is 0 Å². The molecular formula is C39H26N4O. The topological polar surface area (TPSA) is 54.8 Å². The van der Waals surface area contributed by atoms with E-state index in [9.17, 15) is 0 Å². The Balaban J connectivity index is 1.16. The van der Waals surface area contributed by atoms with E-state index in [2.05, 4.69) is 107 Å². The first-order chi connectivity index (χ1) is 21.8. The summed E-state index contributed by atoms with van der Waals surface area (Å²) in [6, 6.07) is 50.3. The number of para-hydroxylation sites is 3. The normalized spacial score (nSPS) is 15.0. The van der Waals surface area contributed by atoms with Gasteiger partial charge in [-0.3, -0.25) is 0 Å². The highest BCUT2D eigenvalue weighted by molar-refractivity contribution is 6.14. The fourth-order valence-corrected chi connectivity index (χ4v) is 6.47. The van der Waals surface area contributed by atoms with Crippen LogP contribution in [-0.4, -0.2) is 16.2 Å². The number of nitrogens with zero attached hydrogens (tertiary/aromatic N) is 3. The largest absolute Gasteiger partial charge is 0.456 e. The molecule has 1 aliphatic heterocycles. The summed E-state index contributed by atoms with van der Waals surface area (Å²) < 4.78 is 8.54. The van der Waals surface area contributed by atoms with Crippen molar-refractivity contribution in [1.29, 1.82) is 0 Å². The Hall–Kier alpha value is -5.94. The quantitative estimate of drug-likeness (QED) is 0.231. The molecule has 44 heavy (non-hydrogen) atoms. The van der Waals surface area contributed by atoms with Crippen LogP contribution in [0.5, 0.6) is 0 Å².